The van der Waals surface area contributed by atoms with E-state index in [0.29, 0.717) is 31.9 Å². The third kappa shape index (κ3) is 3.56. The van der Waals surface area contributed by atoms with Crippen LogP contribution in [-0.4, -0.2) is 55.7 Å². The lowest BCUT2D eigenvalue weighted by Crippen LogP contribution is -2.55. The summed E-state index contributed by atoms with van der Waals surface area (Å²) in [5.41, 5.74) is 0. The summed E-state index contributed by atoms with van der Waals surface area (Å²) in [6, 6.07) is 3.65. The number of likely N-dealkylation sites (tertiary alicyclic amines) is 1. The highest BCUT2D eigenvalue weighted by atomic mass is 16.5. The second-order valence-corrected chi connectivity index (χ2v) is 5.97. The molecule has 2 aliphatic rings. The van der Waals surface area contributed by atoms with Gasteiger partial charge in [0.2, 0.25) is 11.8 Å². The summed E-state index contributed by atoms with van der Waals surface area (Å²) in [6.45, 7) is 1.43. The monoisotopic (exact) mass is 322 g/mol. The predicted octanol–water partition coefficient (Wildman–Crippen LogP) is 0.548. The number of nitrogens with one attached hydrogen (secondary N) is 1. The van der Waals surface area contributed by atoms with Crippen LogP contribution in [0.1, 0.15) is 18.6 Å². The predicted molar refractivity (Wildman–Crippen MR) is 80.4 cm³/mol. The van der Waals surface area contributed by atoms with Gasteiger partial charge in [-0.1, -0.05) is 0 Å². The number of amides is 2. The van der Waals surface area contributed by atoms with Crippen LogP contribution >= 0.6 is 0 Å². The fourth-order valence-corrected chi connectivity index (χ4v) is 3.36. The van der Waals surface area contributed by atoms with Gasteiger partial charge in [0.25, 0.3) is 0 Å². The molecule has 1 aromatic rings. The summed E-state index contributed by atoms with van der Waals surface area (Å²) in [7, 11) is 1.50. The molecule has 23 heavy (non-hydrogen) atoms. The first kappa shape index (κ1) is 16.0. The summed E-state index contributed by atoms with van der Waals surface area (Å²) in [4.78, 5) is 26.4. The fourth-order valence-electron chi connectivity index (χ4n) is 3.36. The first-order valence-corrected chi connectivity index (χ1v) is 7.89. The Kier molecular flexibility index (Phi) is 4.97. The molecule has 7 nitrogen and oxygen atoms in total. The number of furan rings is 1. The molecule has 1 aromatic heterocycles. The Balaban J connectivity index is 1.62. The zero-order valence-corrected chi connectivity index (χ0v) is 13.2. The molecule has 0 spiro atoms. The van der Waals surface area contributed by atoms with E-state index in [1.165, 1.54) is 7.11 Å². The Labute approximate surface area is 134 Å². The van der Waals surface area contributed by atoms with Crippen LogP contribution in [0.15, 0.2) is 22.8 Å². The van der Waals surface area contributed by atoms with E-state index in [2.05, 4.69) is 5.32 Å². The van der Waals surface area contributed by atoms with E-state index in [-0.39, 0.29) is 36.5 Å². The Morgan fingerprint density at radius 2 is 2.35 bits per heavy atom. The van der Waals surface area contributed by atoms with Crippen molar-refractivity contribution in [3.63, 3.8) is 0 Å². The number of ether oxygens (including phenoxy) is 2. The molecule has 3 rings (SSSR count). The molecule has 126 valence electrons. The number of hydrogen-bond donors (Lipinski definition) is 1. The molecule has 0 aliphatic carbocycles. The maximum Gasteiger partial charge on any atom is 0.248 e. The molecular weight excluding hydrogens is 300 g/mol. The molecule has 0 radical (unpaired) electrons. The van der Waals surface area contributed by atoms with Crippen molar-refractivity contribution in [1.29, 1.82) is 0 Å². The van der Waals surface area contributed by atoms with Gasteiger partial charge in [0.1, 0.15) is 12.4 Å². The topological polar surface area (TPSA) is 81.0 Å². The van der Waals surface area contributed by atoms with Crippen LogP contribution in [0.5, 0.6) is 0 Å². The van der Waals surface area contributed by atoms with Crippen LogP contribution in [0.3, 0.4) is 0 Å². The number of carbonyl (C=O) groups excluding carboxylic acids is 2. The number of carbonyl (C=O) groups is 2. The first-order valence-electron chi connectivity index (χ1n) is 7.89. The lowest BCUT2D eigenvalue weighted by Gasteiger charge is -2.40. The van der Waals surface area contributed by atoms with Gasteiger partial charge >= 0.3 is 0 Å². The largest absolute Gasteiger partial charge is 0.467 e. The van der Waals surface area contributed by atoms with Crippen molar-refractivity contribution in [2.75, 3.05) is 26.9 Å². The van der Waals surface area contributed by atoms with E-state index < -0.39 is 0 Å². The maximum atomic E-state index is 12.4. The highest BCUT2D eigenvalue weighted by Gasteiger charge is 2.43. The van der Waals surface area contributed by atoms with Crippen molar-refractivity contribution < 1.29 is 23.5 Å². The molecule has 2 aliphatic heterocycles. The van der Waals surface area contributed by atoms with Gasteiger partial charge in [-0.05, 0) is 25.0 Å². The number of nitrogens with zero attached hydrogens (tertiary/aromatic N) is 1. The smallest absolute Gasteiger partial charge is 0.248 e. The summed E-state index contributed by atoms with van der Waals surface area (Å²) in [6.07, 6.45) is 2.97. The van der Waals surface area contributed by atoms with Gasteiger partial charge in [0.05, 0.1) is 30.9 Å². The number of rotatable bonds is 5. The highest BCUT2D eigenvalue weighted by Crippen LogP contribution is 2.31. The van der Waals surface area contributed by atoms with Gasteiger partial charge in [-0.2, -0.15) is 0 Å². The third-order valence-electron chi connectivity index (χ3n) is 4.48. The quantitative estimate of drug-likeness (QED) is 0.856. The second-order valence-electron chi connectivity index (χ2n) is 5.97. The minimum Gasteiger partial charge on any atom is -0.467 e. The van der Waals surface area contributed by atoms with Gasteiger partial charge < -0.3 is 24.1 Å². The summed E-state index contributed by atoms with van der Waals surface area (Å²) >= 11 is 0. The van der Waals surface area contributed by atoms with Crippen molar-refractivity contribution in [1.82, 2.24) is 10.2 Å². The Hall–Kier alpha value is -1.86. The van der Waals surface area contributed by atoms with Gasteiger partial charge in [0, 0.05) is 20.3 Å². The van der Waals surface area contributed by atoms with Crippen molar-refractivity contribution in [3.05, 3.63) is 24.2 Å². The normalized spacial score (nSPS) is 26.8. The Morgan fingerprint density at radius 3 is 3.09 bits per heavy atom. The van der Waals surface area contributed by atoms with Gasteiger partial charge in [-0.15, -0.1) is 0 Å². The van der Waals surface area contributed by atoms with E-state index in [0.717, 1.165) is 6.42 Å². The van der Waals surface area contributed by atoms with E-state index in [1.54, 1.807) is 17.2 Å². The minimum atomic E-state index is -0.273. The Bertz CT molecular complexity index is 545. The standard InChI is InChI=1S/C16H22N2O5/c1-21-10-15(19)18-9-11(7-14-13(18)4-6-23-14)16(20)17-8-12-3-2-5-22-12/h2-3,5,11,13-14H,4,6-10H2,1H3,(H,17,20)/t11-,13+,14+/m0/s1. The first-order chi connectivity index (χ1) is 11.2. The molecule has 0 unspecified atom stereocenters. The maximum absolute atomic E-state index is 12.4. The molecule has 3 atom stereocenters. The molecule has 2 fully saturated rings. The molecule has 0 aromatic carbocycles. The van der Waals surface area contributed by atoms with Crippen molar-refractivity contribution >= 4 is 11.8 Å². The highest BCUT2D eigenvalue weighted by molar-refractivity contribution is 5.82. The van der Waals surface area contributed by atoms with E-state index >= 15 is 0 Å². The van der Waals surface area contributed by atoms with Gasteiger partial charge in [0.15, 0.2) is 0 Å². The molecular formula is C16H22N2O5. The molecule has 7 heteroatoms. The summed E-state index contributed by atoms with van der Waals surface area (Å²) < 4.78 is 15.9. The van der Waals surface area contributed by atoms with Crippen LogP contribution < -0.4 is 5.32 Å². The number of fused-ring (bicyclic) bond motifs is 1. The average molecular weight is 322 g/mol. The second kappa shape index (κ2) is 7.14. The lowest BCUT2D eigenvalue weighted by atomic mass is 9.89. The third-order valence-corrected chi connectivity index (χ3v) is 4.48. The molecule has 2 saturated heterocycles. The average Bonchev–Trinajstić information content (AvgIpc) is 3.22. The van der Waals surface area contributed by atoms with E-state index in [9.17, 15) is 9.59 Å². The Morgan fingerprint density at radius 1 is 1.48 bits per heavy atom. The summed E-state index contributed by atoms with van der Waals surface area (Å²) in [5, 5.41) is 2.87. The van der Waals surface area contributed by atoms with E-state index in [4.69, 9.17) is 13.9 Å². The fraction of sp³-hybridized carbons (Fsp3) is 0.625. The van der Waals surface area contributed by atoms with Crippen molar-refractivity contribution in [2.24, 2.45) is 5.92 Å². The molecule has 3 heterocycles. The number of hydrogen-bond acceptors (Lipinski definition) is 5. The lowest BCUT2D eigenvalue weighted by molar-refractivity contribution is -0.145. The van der Waals surface area contributed by atoms with Crippen LogP contribution in [0.25, 0.3) is 0 Å². The van der Waals surface area contributed by atoms with Crippen molar-refractivity contribution in [2.45, 2.75) is 31.5 Å². The van der Waals surface area contributed by atoms with Crippen molar-refractivity contribution in [3.8, 4) is 0 Å². The zero-order chi connectivity index (χ0) is 16.2. The van der Waals surface area contributed by atoms with Crippen LogP contribution in [0.4, 0.5) is 0 Å². The summed E-state index contributed by atoms with van der Waals surface area (Å²) in [5.74, 6) is 0.267. The van der Waals surface area contributed by atoms with E-state index in [1.807, 2.05) is 6.07 Å². The molecule has 0 bridgehead atoms. The van der Waals surface area contributed by atoms with Crippen LogP contribution in [0, 0.1) is 5.92 Å². The zero-order valence-electron chi connectivity index (χ0n) is 13.2. The van der Waals surface area contributed by atoms with Crippen LogP contribution in [0.2, 0.25) is 0 Å². The SMILES string of the molecule is COCC(=O)N1C[C@@H](C(=O)NCc2ccco2)C[C@H]2OCC[C@H]21. The molecule has 1 N–H and O–H groups in total. The number of piperidine rings is 1. The molecule has 0 saturated carbocycles. The van der Waals surface area contributed by atoms with Gasteiger partial charge in [-0.25, -0.2) is 0 Å². The van der Waals surface area contributed by atoms with Crippen LogP contribution in [-0.2, 0) is 25.6 Å². The van der Waals surface area contributed by atoms with Gasteiger partial charge in [-0.3, -0.25) is 9.59 Å². The number of methoxy groups -OCH3 is 1. The minimum absolute atomic E-state index is 0.0317. The molecule has 2 amide bonds.